The third-order valence-electron chi connectivity index (χ3n) is 5.42. The lowest BCUT2D eigenvalue weighted by molar-refractivity contribution is -0.121. The third kappa shape index (κ3) is 4.41. The van der Waals surface area contributed by atoms with Gasteiger partial charge in [-0.3, -0.25) is 14.5 Å². The molecule has 7 heteroatoms. The van der Waals surface area contributed by atoms with E-state index in [9.17, 15) is 9.59 Å². The van der Waals surface area contributed by atoms with Gasteiger partial charge < -0.3 is 9.88 Å². The zero-order valence-electron chi connectivity index (χ0n) is 16.3. The minimum Gasteiger partial charge on any atom is -0.333 e. The van der Waals surface area contributed by atoms with Gasteiger partial charge in [-0.1, -0.05) is 6.07 Å². The van der Waals surface area contributed by atoms with Crippen LogP contribution in [0.15, 0.2) is 58.1 Å². The van der Waals surface area contributed by atoms with Gasteiger partial charge in [0.15, 0.2) is 5.43 Å². The number of aryl methyl sites for hydroxylation is 1. The molecule has 0 spiro atoms. The summed E-state index contributed by atoms with van der Waals surface area (Å²) in [5.41, 5.74) is 2.01. The number of carbonyl (C=O) groups is 1. The molecular weight excluding hydrogens is 432 g/mol. The number of benzene rings is 1. The van der Waals surface area contributed by atoms with E-state index in [1.54, 1.807) is 12.3 Å². The first-order chi connectivity index (χ1) is 14.0. The SMILES string of the molecule is Cc1ccnc(NC(=O)C2CCN(Cn3ccc(=O)c4cccc(Br)c43)CC2)c1. The Morgan fingerprint density at radius 1 is 1.24 bits per heavy atom. The van der Waals surface area contributed by atoms with Gasteiger partial charge in [0.05, 0.1) is 12.2 Å². The highest BCUT2D eigenvalue weighted by atomic mass is 79.9. The summed E-state index contributed by atoms with van der Waals surface area (Å²) in [6.45, 7) is 4.33. The highest BCUT2D eigenvalue weighted by Gasteiger charge is 2.25. The Kier molecular flexibility index (Phi) is 5.78. The van der Waals surface area contributed by atoms with Crippen molar-refractivity contribution in [3.8, 4) is 0 Å². The molecule has 0 atom stereocenters. The number of likely N-dealkylation sites (tertiary alicyclic amines) is 1. The van der Waals surface area contributed by atoms with Crippen LogP contribution in [0.4, 0.5) is 5.82 Å². The maximum Gasteiger partial charge on any atom is 0.228 e. The topological polar surface area (TPSA) is 67.2 Å². The van der Waals surface area contributed by atoms with Crippen molar-refractivity contribution in [3.63, 3.8) is 0 Å². The van der Waals surface area contributed by atoms with Crippen LogP contribution in [0.3, 0.4) is 0 Å². The Balaban J connectivity index is 1.41. The molecule has 0 aliphatic carbocycles. The van der Waals surface area contributed by atoms with Crippen molar-refractivity contribution >= 4 is 38.6 Å². The molecule has 6 nitrogen and oxygen atoms in total. The Morgan fingerprint density at radius 3 is 2.79 bits per heavy atom. The molecule has 1 fully saturated rings. The van der Waals surface area contributed by atoms with Crippen LogP contribution >= 0.6 is 15.9 Å². The van der Waals surface area contributed by atoms with E-state index in [1.807, 2.05) is 43.5 Å². The van der Waals surface area contributed by atoms with Gasteiger partial charge in [0.2, 0.25) is 5.91 Å². The Labute approximate surface area is 177 Å². The van der Waals surface area contributed by atoms with Crippen LogP contribution in [0.2, 0.25) is 0 Å². The molecule has 4 rings (SSSR count). The normalized spacial score (nSPS) is 15.5. The molecule has 29 heavy (non-hydrogen) atoms. The lowest BCUT2D eigenvalue weighted by Crippen LogP contribution is -2.39. The molecule has 1 saturated heterocycles. The fraction of sp³-hybridized carbons (Fsp3) is 0.318. The largest absolute Gasteiger partial charge is 0.333 e. The first-order valence-electron chi connectivity index (χ1n) is 9.75. The van der Waals surface area contributed by atoms with E-state index in [4.69, 9.17) is 0 Å². The summed E-state index contributed by atoms with van der Waals surface area (Å²) in [5, 5.41) is 3.65. The number of rotatable bonds is 4. The average Bonchev–Trinajstić information content (AvgIpc) is 2.71. The van der Waals surface area contributed by atoms with Gasteiger partial charge in [0.1, 0.15) is 5.82 Å². The molecule has 0 saturated carbocycles. The zero-order valence-corrected chi connectivity index (χ0v) is 17.9. The highest BCUT2D eigenvalue weighted by Crippen LogP contribution is 2.24. The number of para-hydroxylation sites is 1. The van der Waals surface area contributed by atoms with Crippen molar-refractivity contribution in [2.45, 2.75) is 26.4 Å². The lowest BCUT2D eigenvalue weighted by Gasteiger charge is -2.32. The molecule has 150 valence electrons. The van der Waals surface area contributed by atoms with Gasteiger partial charge in [-0.2, -0.15) is 0 Å². The van der Waals surface area contributed by atoms with Crippen LogP contribution in [0.5, 0.6) is 0 Å². The predicted octanol–water partition coefficient (Wildman–Crippen LogP) is 3.78. The number of anilines is 1. The maximum atomic E-state index is 12.6. The number of fused-ring (bicyclic) bond motifs is 1. The lowest BCUT2D eigenvalue weighted by atomic mass is 9.96. The van der Waals surface area contributed by atoms with Crippen molar-refractivity contribution in [1.82, 2.24) is 14.5 Å². The fourth-order valence-electron chi connectivity index (χ4n) is 3.83. The van der Waals surface area contributed by atoms with Crippen LogP contribution in [0.25, 0.3) is 10.9 Å². The maximum absolute atomic E-state index is 12.6. The summed E-state index contributed by atoms with van der Waals surface area (Å²) in [4.78, 5) is 31.3. The van der Waals surface area contributed by atoms with Crippen molar-refractivity contribution < 1.29 is 4.79 Å². The first kappa shape index (κ1) is 19.8. The van der Waals surface area contributed by atoms with Crippen molar-refractivity contribution in [2.24, 2.45) is 5.92 Å². The van der Waals surface area contributed by atoms with E-state index in [-0.39, 0.29) is 17.3 Å². The summed E-state index contributed by atoms with van der Waals surface area (Å²) in [5.74, 6) is 0.646. The van der Waals surface area contributed by atoms with Crippen LogP contribution in [0.1, 0.15) is 18.4 Å². The van der Waals surface area contributed by atoms with E-state index in [0.29, 0.717) is 17.9 Å². The number of hydrogen-bond acceptors (Lipinski definition) is 4. The molecule has 0 bridgehead atoms. The van der Waals surface area contributed by atoms with Crippen molar-refractivity contribution in [3.05, 3.63) is 69.1 Å². The van der Waals surface area contributed by atoms with E-state index < -0.39 is 0 Å². The van der Waals surface area contributed by atoms with Crippen LogP contribution in [0, 0.1) is 12.8 Å². The van der Waals surface area contributed by atoms with Crippen LogP contribution in [-0.4, -0.2) is 33.4 Å². The number of nitrogens with zero attached hydrogens (tertiary/aromatic N) is 3. The Hall–Kier alpha value is -2.51. The van der Waals surface area contributed by atoms with Crippen molar-refractivity contribution in [1.29, 1.82) is 0 Å². The Bertz CT molecular complexity index is 1100. The molecular formula is C22H23BrN4O2. The molecule has 3 aromatic rings. The van der Waals surface area contributed by atoms with Crippen LogP contribution < -0.4 is 10.7 Å². The predicted molar refractivity (Wildman–Crippen MR) is 118 cm³/mol. The second kappa shape index (κ2) is 8.47. The number of pyridine rings is 2. The minimum absolute atomic E-state index is 0.00828. The standard InChI is InChI=1S/C22H23BrN4O2/c1-15-5-9-24-20(13-15)25-22(29)16-6-10-26(11-7-16)14-27-12-8-19(28)17-3-2-4-18(23)21(17)27/h2-5,8-9,12-13,16H,6-7,10-11,14H2,1H3,(H,24,25,29). The molecule has 2 aromatic heterocycles. The van der Waals surface area contributed by atoms with Gasteiger partial charge in [-0.05, 0) is 65.5 Å². The van der Waals surface area contributed by atoms with Crippen LogP contribution in [-0.2, 0) is 11.5 Å². The van der Waals surface area contributed by atoms with E-state index in [2.05, 4.69) is 35.7 Å². The quantitative estimate of drug-likeness (QED) is 0.651. The number of carbonyl (C=O) groups excluding carboxylic acids is 1. The summed E-state index contributed by atoms with van der Waals surface area (Å²) >= 11 is 3.57. The molecule has 1 aliphatic heterocycles. The molecule has 0 unspecified atom stereocenters. The first-order valence-corrected chi connectivity index (χ1v) is 10.5. The molecule has 1 aliphatic rings. The average molecular weight is 455 g/mol. The molecule has 1 amide bonds. The number of aromatic nitrogens is 2. The molecule has 3 heterocycles. The summed E-state index contributed by atoms with van der Waals surface area (Å²) in [6, 6.07) is 11.1. The van der Waals surface area contributed by atoms with Gasteiger partial charge in [-0.25, -0.2) is 4.98 Å². The van der Waals surface area contributed by atoms with E-state index in [1.165, 1.54) is 0 Å². The number of hydrogen-bond donors (Lipinski definition) is 1. The number of nitrogens with one attached hydrogen (secondary N) is 1. The second-order valence-corrected chi connectivity index (χ2v) is 8.38. The Morgan fingerprint density at radius 2 is 2.03 bits per heavy atom. The van der Waals surface area contributed by atoms with Gasteiger partial charge >= 0.3 is 0 Å². The third-order valence-corrected chi connectivity index (χ3v) is 6.06. The molecule has 1 aromatic carbocycles. The van der Waals surface area contributed by atoms with Gasteiger partial charge in [0, 0.05) is 47.3 Å². The molecule has 1 N–H and O–H groups in total. The van der Waals surface area contributed by atoms with E-state index >= 15 is 0 Å². The van der Waals surface area contributed by atoms with E-state index in [0.717, 1.165) is 41.5 Å². The summed E-state index contributed by atoms with van der Waals surface area (Å²) in [7, 11) is 0. The number of halogens is 1. The zero-order chi connectivity index (χ0) is 20.4. The number of piperidine rings is 1. The van der Waals surface area contributed by atoms with Gasteiger partial charge in [-0.15, -0.1) is 0 Å². The summed E-state index contributed by atoms with van der Waals surface area (Å²) < 4.78 is 3.00. The second-order valence-electron chi connectivity index (χ2n) is 7.53. The monoisotopic (exact) mass is 454 g/mol. The highest BCUT2D eigenvalue weighted by molar-refractivity contribution is 9.10. The van der Waals surface area contributed by atoms with Gasteiger partial charge in [0.25, 0.3) is 0 Å². The van der Waals surface area contributed by atoms with Crippen molar-refractivity contribution in [2.75, 3.05) is 18.4 Å². The minimum atomic E-state index is -0.00828. The summed E-state index contributed by atoms with van der Waals surface area (Å²) in [6.07, 6.45) is 5.16. The smallest absolute Gasteiger partial charge is 0.228 e. The number of amides is 1. The fourth-order valence-corrected chi connectivity index (χ4v) is 4.42. The molecule has 0 radical (unpaired) electrons.